The van der Waals surface area contributed by atoms with Crippen molar-refractivity contribution in [2.24, 2.45) is 0 Å². The Kier molecular flexibility index (Phi) is 5.82. The maximum absolute atomic E-state index is 12.6. The van der Waals surface area contributed by atoms with Crippen molar-refractivity contribution >= 4 is 17.2 Å². The summed E-state index contributed by atoms with van der Waals surface area (Å²) in [5, 5.41) is 4.91. The molecule has 1 heterocycles. The van der Waals surface area contributed by atoms with Crippen LogP contribution in [0.15, 0.2) is 29.6 Å². The van der Waals surface area contributed by atoms with Crippen molar-refractivity contribution in [2.75, 3.05) is 0 Å². The Hall–Kier alpha value is -2.09. The van der Waals surface area contributed by atoms with Crippen molar-refractivity contribution in [3.63, 3.8) is 0 Å². The lowest BCUT2D eigenvalue weighted by atomic mass is 10.2. The Bertz CT molecular complexity index is 701. The number of benzene rings is 1. The molecule has 0 radical (unpaired) electrons. The van der Waals surface area contributed by atoms with Crippen LogP contribution in [0.5, 0.6) is 5.75 Å². The number of aromatic nitrogens is 1. The summed E-state index contributed by atoms with van der Waals surface area (Å²) in [5.41, 5.74) is -0.490. The van der Waals surface area contributed by atoms with E-state index < -0.39 is 11.7 Å². The predicted molar refractivity (Wildman–Crippen MR) is 85.1 cm³/mol. The predicted octanol–water partition coefficient (Wildman–Crippen LogP) is 4.27. The average Bonchev–Trinajstić information content (AvgIpc) is 3.01. The van der Waals surface area contributed by atoms with E-state index in [1.807, 2.05) is 13.8 Å². The number of ether oxygens (including phenoxy) is 1. The van der Waals surface area contributed by atoms with E-state index in [9.17, 15) is 18.0 Å². The fraction of sp³-hybridized carbons (Fsp3) is 0.375. The van der Waals surface area contributed by atoms with Gasteiger partial charge in [0.05, 0.1) is 5.56 Å². The van der Waals surface area contributed by atoms with Crippen LogP contribution in [-0.4, -0.2) is 16.9 Å². The van der Waals surface area contributed by atoms with Gasteiger partial charge in [-0.2, -0.15) is 13.2 Å². The molecule has 24 heavy (non-hydrogen) atoms. The minimum Gasteiger partial charge on any atom is -0.486 e. The summed E-state index contributed by atoms with van der Waals surface area (Å²) in [6.07, 6.45) is -3.61. The van der Waals surface area contributed by atoms with E-state index in [0.29, 0.717) is 5.01 Å². The Morgan fingerprint density at radius 1 is 1.42 bits per heavy atom. The minimum absolute atomic E-state index is 0.00257. The van der Waals surface area contributed by atoms with Crippen LogP contribution in [0.4, 0.5) is 13.2 Å². The maximum atomic E-state index is 12.6. The van der Waals surface area contributed by atoms with Crippen LogP contribution < -0.4 is 10.1 Å². The third kappa shape index (κ3) is 4.95. The number of thiazole rings is 1. The number of rotatable bonds is 6. The van der Waals surface area contributed by atoms with E-state index in [1.165, 1.54) is 23.5 Å². The van der Waals surface area contributed by atoms with Gasteiger partial charge in [-0.25, -0.2) is 4.98 Å². The molecule has 0 aliphatic heterocycles. The standard InChI is InChI=1S/C16H17F3N2O2S/c1-3-10(2)20-15(22)13-9-24-14(21-13)8-23-12-6-4-5-11(7-12)16(17,18)19/h4-7,9-10H,3,8H2,1-2H3,(H,20,22). The highest BCUT2D eigenvalue weighted by Crippen LogP contribution is 2.31. The molecule has 0 aliphatic carbocycles. The van der Waals surface area contributed by atoms with Gasteiger partial charge in [-0.05, 0) is 31.5 Å². The number of nitrogens with one attached hydrogen (secondary N) is 1. The van der Waals surface area contributed by atoms with Crippen molar-refractivity contribution in [3.8, 4) is 5.75 Å². The minimum atomic E-state index is -4.41. The molecule has 0 fully saturated rings. The number of hydrogen-bond acceptors (Lipinski definition) is 4. The Labute approximate surface area is 141 Å². The first kappa shape index (κ1) is 18.3. The number of alkyl halides is 3. The first-order chi connectivity index (χ1) is 11.3. The SMILES string of the molecule is CCC(C)NC(=O)c1csc(COc2cccc(C(F)(F)F)c2)n1. The van der Waals surface area contributed by atoms with Crippen LogP contribution in [0.25, 0.3) is 0 Å². The van der Waals surface area contributed by atoms with Gasteiger partial charge < -0.3 is 10.1 Å². The van der Waals surface area contributed by atoms with Crippen molar-refractivity contribution in [3.05, 3.63) is 45.9 Å². The molecule has 8 heteroatoms. The number of carbonyl (C=O) groups is 1. The highest BCUT2D eigenvalue weighted by Gasteiger charge is 2.30. The topological polar surface area (TPSA) is 51.2 Å². The molecule has 1 atom stereocenters. The molecule has 4 nitrogen and oxygen atoms in total. The summed E-state index contributed by atoms with van der Waals surface area (Å²) in [6.45, 7) is 3.85. The number of hydrogen-bond donors (Lipinski definition) is 1. The van der Waals surface area contributed by atoms with E-state index in [-0.39, 0.29) is 30.0 Å². The maximum Gasteiger partial charge on any atom is 0.416 e. The molecule has 2 aromatic rings. The van der Waals surface area contributed by atoms with Gasteiger partial charge in [0.1, 0.15) is 23.1 Å². The van der Waals surface area contributed by atoms with Gasteiger partial charge in [0.25, 0.3) is 5.91 Å². The summed E-state index contributed by atoms with van der Waals surface area (Å²) < 4.78 is 43.3. The molecule has 0 saturated carbocycles. The quantitative estimate of drug-likeness (QED) is 0.839. The zero-order chi connectivity index (χ0) is 17.7. The molecule has 1 unspecified atom stereocenters. The number of carbonyl (C=O) groups excluding carboxylic acids is 1. The first-order valence-electron chi connectivity index (χ1n) is 7.35. The van der Waals surface area contributed by atoms with Crippen LogP contribution >= 0.6 is 11.3 Å². The van der Waals surface area contributed by atoms with Gasteiger partial charge in [0.2, 0.25) is 0 Å². The van der Waals surface area contributed by atoms with Crippen LogP contribution in [0, 0.1) is 0 Å². The van der Waals surface area contributed by atoms with Gasteiger partial charge in [-0.1, -0.05) is 13.0 Å². The third-order valence-corrected chi connectivity index (χ3v) is 4.12. The van der Waals surface area contributed by atoms with Crippen LogP contribution in [-0.2, 0) is 12.8 Å². The summed E-state index contributed by atoms with van der Waals surface area (Å²) in [5.74, 6) is -0.170. The lowest BCUT2D eigenvalue weighted by Crippen LogP contribution is -2.32. The second-order valence-corrected chi connectivity index (χ2v) is 6.17. The van der Waals surface area contributed by atoms with Gasteiger partial charge in [0.15, 0.2) is 0 Å². The van der Waals surface area contributed by atoms with Crippen molar-refractivity contribution in [2.45, 2.75) is 39.1 Å². The fourth-order valence-electron chi connectivity index (χ4n) is 1.79. The molecule has 1 aromatic carbocycles. The molecule has 0 spiro atoms. The normalized spacial score (nSPS) is 12.7. The smallest absolute Gasteiger partial charge is 0.416 e. The fourth-order valence-corrected chi connectivity index (χ4v) is 2.47. The van der Waals surface area contributed by atoms with Crippen LogP contribution in [0.2, 0.25) is 0 Å². The van der Waals surface area contributed by atoms with E-state index in [4.69, 9.17) is 4.74 Å². The molecule has 130 valence electrons. The highest BCUT2D eigenvalue weighted by molar-refractivity contribution is 7.09. The molecule has 0 bridgehead atoms. The molecule has 1 N–H and O–H groups in total. The van der Waals surface area contributed by atoms with E-state index in [0.717, 1.165) is 18.6 Å². The Morgan fingerprint density at radius 2 is 2.17 bits per heavy atom. The molecular formula is C16H17F3N2O2S. The summed E-state index contributed by atoms with van der Waals surface area (Å²) in [6, 6.07) is 4.69. The zero-order valence-corrected chi connectivity index (χ0v) is 14.0. The second-order valence-electron chi connectivity index (χ2n) is 5.22. The van der Waals surface area contributed by atoms with Gasteiger partial charge in [-0.3, -0.25) is 4.79 Å². The van der Waals surface area contributed by atoms with Gasteiger partial charge >= 0.3 is 6.18 Å². The molecular weight excluding hydrogens is 341 g/mol. The molecule has 1 aromatic heterocycles. The summed E-state index contributed by atoms with van der Waals surface area (Å²) in [4.78, 5) is 16.1. The monoisotopic (exact) mass is 358 g/mol. The molecule has 2 rings (SSSR count). The van der Waals surface area contributed by atoms with E-state index in [2.05, 4.69) is 10.3 Å². The number of halogens is 3. The molecule has 0 aliphatic rings. The van der Waals surface area contributed by atoms with Crippen molar-refractivity contribution in [1.29, 1.82) is 0 Å². The Balaban J connectivity index is 1.97. The van der Waals surface area contributed by atoms with Crippen molar-refractivity contribution < 1.29 is 22.7 Å². The first-order valence-corrected chi connectivity index (χ1v) is 8.23. The number of nitrogens with zero attached hydrogens (tertiary/aromatic N) is 1. The van der Waals surface area contributed by atoms with Crippen molar-refractivity contribution in [1.82, 2.24) is 10.3 Å². The Morgan fingerprint density at radius 3 is 2.83 bits per heavy atom. The second kappa shape index (κ2) is 7.65. The van der Waals surface area contributed by atoms with Crippen LogP contribution in [0.3, 0.4) is 0 Å². The largest absolute Gasteiger partial charge is 0.486 e. The summed E-state index contributed by atoms with van der Waals surface area (Å²) in [7, 11) is 0. The summed E-state index contributed by atoms with van der Waals surface area (Å²) >= 11 is 1.22. The zero-order valence-electron chi connectivity index (χ0n) is 13.2. The molecule has 0 saturated heterocycles. The third-order valence-electron chi connectivity index (χ3n) is 3.30. The van der Waals surface area contributed by atoms with Gasteiger partial charge in [-0.15, -0.1) is 11.3 Å². The lowest BCUT2D eigenvalue weighted by molar-refractivity contribution is -0.137. The van der Waals surface area contributed by atoms with Crippen LogP contribution in [0.1, 0.15) is 41.3 Å². The average molecular weight is 358 g/mol. The number of amides is 1. The lowest BCUT2D eigenvalue weighted by Gasteiger charge is -2.09. The highest BCUT2D eigenvalue weighted by atomic mass is 32.1. The van der Waals surface area contributed by atoms with Gasteiger partial charge in [0, 0.05) is 11.4 Å². The van der Waals surface area contributed by atoms with E-state index >= 15 is 0 Å². The molecule has 1 amide bonds. The van der Waals surface area contributed by atoms with E-state index in [1.54, 1.807) is 5.38 Å².